The third-order valence-electron chi connectivity index (χ3n) is 2.26. The fourth-order valence-electron chi connectivity index (χ4n) is 1.38. The fourth-order valence-corrected chi connectivity index (χ4v) is 1.38. The molecule has 1 aromatic rings. The van der Waals surface area contributed by atoms with Gasteiger partial charge in [-0.15, -0.1) is 0 Å². The lowest BCUT2D eigenvalue weighted by molar-refractivity contribution is -0.140. The van der Waals surface area contributed by atoms with Gasteiger partial charge in [-0.1, -0.05) is 0 Å². The van der Waals surface area contributed by atoms with Gasteiger partial charge in [0.2, 0.25) is 0 Å². The average molecular weight is 250 g/mol. The van der Waals surface area contributed by atoms with Crippen molar-refractivity contribution in [3.05, 3.63) is 34.4 Å². The Morgan fingerprint density at radius 1 is 1.12 bits per heavy atom. The Labute approximate surface area is 92.7 Å². The zero-order valence-electron chi connectivity index (χ0n) is 8.43. The lowest BCUT2D eigenvalue weighted by Gasteiger charge is -2.12. The van der Waals surface area contributed by atoms with Crippen LogP contribution in [0.2, 0.25) is 0 Å². The number of hydrogen-bond donors (Lipinski definition) is 1. The lowest BCUT2D eigenvalue weighted by atomic mass is 9.94. The highest BCUT2D eigenvalue weighted by molar-refractivity contribution is 5.93. The van der Waals surface area contributed by atoms with E-state index in [1.165, 1.54) is 0 Å². The molecule has 0 saturated carbocycles. The van der Waals surface area contributed by atoms with Crippen molar-refractivity contribution in [2.75, 3.05) is 0 Å². The molecule has 1 aromatic carbocycles. The minimum absolute atomic E-state index is 0.190. The first-order chi connectivity index (χ1) is 7.82. The molecule has 0 saturated heterocycles. The van der Waals surface area contributed by atoms with E-state index in [1.54, 1.807) is 0 Å². The number of carboxylic acids is 1. The Bertz CT molecular complexity index is 470. The average Bonchev–Trinajstić information content (AvgIpc) is 2.29. The van der Waals surface area contributed by atoms with E-state index >= 15 is 0 Å². The van der Waals surface area contributed by atoms with Crippen molar-refractivity contribution in [1.82, 2.24) is 0 Å². The van der Waals surface area contributed by atoms with Gasteiger partial charge >= 0.3 is 5.97 Å². The van der Waals surface area contributed by atoms with Gasteiger partial charge in [-0.05, 0) is 12.5 Å². The van der Waals surface area contributed by atoms with Crippen LogP contribution in [0.15, 0.2) is 0 Å². The summed E-state index contributed by atoms with van der Waals surface area (Å²) in [5.74, 6) is -11.6. The second-order valence-electron chi connectivity index (χ2n) is 3.25. The molecule has 17 heavy (non-hydrogen) atoms. The van der Waals surface area contributed by atoms with Crippen LogP contribution in [-0.4, -0.2) is 17.4 Å². The van der Waals surface area contributed by atoms with E-state index in [2.05, 4.69) is 0 Å². The van der Waals surface area contributed by atoms with Gasteiger partial charge in [-0.2, -0.15) is 0 Å². The molecule has 0 aliphatic heterocycles. The quantitative estimate of drug-likeness (QED) is 0.293. The van der Waals surface area contributed by atoms with Crippen molar-refractivity contribution >= 4 is 12.3 Å². The Balaban J connectivity index is 3.64. The van der Waals surface area contributed by atoms with Crippen molar-refractivity contribution in [1.29, 1.82) is 0 Å². The molecule has 0 aromatic heterocycles. The van der Waals surface area contributed by atoms with Gasteiger partial charge < -0.3 is 9.90 Å². The Hall–Kier alpha value is -1.92. The fraction of sp³-hybridized carbons (Fsp3) is 0.200. The van der Waals surface area contributed by atoms with Gasteiger partial charge in [0.15, 0.2) is 23.3 Å². The molecule has 92 valence electrons. The van der Waals surface area contributed by atoms with Crippen LogP contribution in [0, 0.1) is 30.2 Å². The lowest BCUT2D eigenvalue weighted by Crippen LogP contribution is -2.18. The number of rotatable bonds is 3. The molecule has 7 heteroatoms. The zero-order valence-corrected chi connectivity index (χ0v) is 8.43. The van der Waals surface area contributed by atoms with Gasteiger partial charge in [-0.3, -0.25) is 4.79 Å². The second kappa shape index (κ2) is 4.52. The first kappa shape index (κ1) is 13.1. The number of carbonyl (C=O) groups excluding carboxylic acids is 1. The van der Waals surface area contributed by atoms with Crippen LogP contribution >= 0.6 is 0 Å². The third kappa shape index (κ3) is 2.00. The molecule has 1 rings (SSSR count). The largest absolute Gasteiger partial charge is 0.480 e. The highest BCUT2D eigenvalue weighted by atomic mass is 19.2. The van der Waals surface area contributed by atoms with Gasteiger partial charge in [-0.25, -0.2) is 17.6 Å². The number of carbonyl (C=O) groups is 2. The maximum atomic E-state index is 13.3. The molecule has 0 amide bonds. The van der Waals surface area contributed by atoms with Crippen LogP contribution in [0.1, 0.15) is 17.0 Å². The first-order valence-electron chi connectivity index (χ1n) is 4.33. The maximum absolute atomic E-state index is 13.3. The smallest absolute Gasteiger partial charge is 0.318 e. The molecule has 1 unspecified atom stereocenters. The predicted molar refractivity (Wildman–Crippen MR) is 47.5 cm³/mol. The standard InChI is InChI=1S/C10H6F4O3/c1-3-5(4(2-15)10(16)17)7(12)9(14)8(13)6(3)11/h2,4H,1H3,(H,16,17). The van der Waals surface area contributed by atoms with E-state index in [-0.39, 0.29) is 6.29 Å². The molecule has 0 fully saturated rings. The van der Waals surface area contributed by atoms with E-state index in [1.807, 2.05) is 0 Å². The maximum Gasteiger partial charge on any atom is 0.318 e. The summed E-state index contributed by atoms with van der Waals surface area (Å²) in [6.45, 7) is 0.857. The van der Waals surface area contributed by atoms with Gasteiger partial charge in [0, 0.05) is 5.56 Å². The SMILES string of the molecule is Cc1c(F)c(F)c(F)c(F)c1C(C=O)C(=O)O. The number of carboxylic acid groups (broad SMARTS) is 1. The normalized spacial score (nSPS) is 12.3. The van der Waals surface area contributed by atoms with Crippen molar-refractivity contribution in [3.8, 4) is 0 Å². The van der Waals surface area contributed by atoms with E-state index in [4.69, 9.17) is 5.11 Å². The predicted octanol–water partition coefficient (Wildman–Crippen LogP) is 1.92. The molecule has 1 atom stereocenters. The Kier molecular flexibility index (Phi) is 3.50. The molecule has 0 heterocycles. The Morgan fingerprint density at radius 3 is 2.00 bits per heavy atom. The summed E-state index contributed by atoms with van der Waals surface area (Å²) in [5, 5.41) is 8.59. The number of benzene rings is 1. The van der Waals surface area contributed by atoms with Crippen LogP contribution in [0.4, 0.5) is 17.6 Å². The number of aldehydes is 1. The Morgan fingerprint density at radius 2 is 1.59 bits per heavy atom. The molecule has 0 radical (unpaired) electrons. The topological polar surface area (TPSA) is 54.4 Å². The summed E-state index contributed by atoms with van der Waals surface area (Å²) in [6.07, 6.45) is -0.190. The van der Waals surface area contributed by atoms with Crippen molar-refractivity contribution < 1.29 is 32.3 Å². The summed E-state index contributed by atoms with van der Waals surface area (Å²) in [5.41, 5.74) is -1.76. The molecule has 0 aliphatic rings. The highest BCUT2D eigenvalue weighted by Crippen LogP contribution is 2.28. The molecule has 0 spiro atoms. The molecular weight excluding hydrogens is 244 g/mol. The van der Waals surface area contributed by atoms with Gasteiger partial charge in [0.05, 0.1) is 0 Å². The molecule has 0 bridgehead atoms. The monoisotopic (exact) mass is 250 g/mol. The minimum atomic E-state index is -2.14. The van der Waals surface area contributed by atoms with E-state index in [0.717, 1.165) is 6.92 Å². The van der Waals surface area contributed by atoms with Crippen LogP contribution in [0.5, 0.6) is 0 Å². The van der Waals surface area contributed by atoms with Crippen LogP contribution in [-0.2, 0) is 9.59 Å². The van der Waals surface area contributed by atoms with Crippen LogP contribution < -0.4 is 0 Å². The van der Waals surface area contributed by atoms with Crippen LogP contribution in [0.3, 0.4) is 0 Å². The van der Waals surface area contributed by atoms with Crippen LogP contribution in [0.25, 0.3) is 0 Å². The third-order valence-corrected chi connectivity index (χ3v) is 2.26. The number of aliphatic carboxylic acids is 1. The highest BCUT2D eigenvalue weighted by Gasteiger charge is 2.31. The van der Waals surface area contributed by atoms with E-state index in [0.29, 0.717) is 0 Å². The number of halogens is 4. The van der Waals surface area contributed by atoms with E-state index in [9.17, 15) is 27.2 Å². The van der Waals surface area contributed by atoms with Crippen molar-refractivity contribution in [3.63, 3.8) is 0 Å². The van der Waals surface area contributed by atoms with Gasteiger partial charge in [0.25, 0.3) is 0 Å². The summed E-state index contributed by atoms with van der Waals surface area (Å²) in [6, 6.07) is 0. The van der Waals surface area contributed by atoms with Crippen molar-refractivity contribution in [2.24, 2.45) is 0 Å². The summed E-state index contributed by atoms with van der Waals surface area (Å²) < 4.78 is 52.1. The summed E-state index contributed by atoms with van der Waals surface area (Å²) in [4.78, 5) is 21.1. The molecule has 0 aliphatic carbocycles. The second-order valence-corrected chi connectivity index (χ2v) is 3.25. The van der Waals surface area contributed by atoms with Crippen molar-refractivity contribution in [2.45, 2.75) is 12.8 Å². The first-order valence-corrected chi connectivity index (χ1v) is 4.33. The molecular formula is C10H6F4O3. The zero-order chi connectivity index (χ0) is 13.3. The summed E-state index contributed by atoms with van der Waals surface area (Å²) >= 11 is 0. The molecule has 3 nitrogen and oxygen atoms in total. The van der Waals surface area contributed by atoms with E-state index < -0.39 is 46.3 Å². The molecule has 1 N–H and O–H groups in total. The van der Waals surface area contributed by atoms with Gasteiger partial charge in [0.1, 0.15) is 12.2 Å². The number of hydrogen-bond acceptors (Lipinski definition) is 2. The summed E-state index contributed by atoms with van der Waals surface area (Å²) in [7, 11) is 0. The minimum Gasteiger partial charge on any atom is -0.480 e.